The minimum atomic E-state index is 0.727. The fraction of sp³-hybridized carbons (Fsp3) is 0.471. The summed E-state index contributed by atoms with van der Waals surface area (Å²) in [6.07, 6.45) is 2.40. The van der Waals surface area contributed by atoms with E-state index in [1.54, 1.807) is 0 Å². The van der Waals surface area contributed by atoms with Gasteiger partial charge in [-0.15, -0.1) is 0 Å². The molecule has 112 valence electrons. The van der Waals surface area contributed by atoms with Crippen LogP contribution in [0.3, 0.4) is 0 Å². The van der Waals surface area contributed by atoms with Crippen molar-refractivity contribution >= 4 is 0 Å². The second-order valence-electron chi connectivity index (χ2n) is 5.80. The average molecular weight is 286 g/mol. The van der Waals surface area contributed by atoms with Gasteiger partial charge in [-0.3, -0.25) is 0 Å². The van der Waals surface area contributed by atoms with Crippen molar-refractivity contribution in [1.29, 1.82) is 0 Å². The predicted molar refractivity (Wildman–Crippen MR) is 81.8 cm³/mol. The molecule has 4 heteroatoms. The maximum Gasteiger partial charge on any atom is 0.167 e. The normalized spacial score (nSPS) is 18.5. The van der Waals surface area contributed by atoms with Gasteiger partial charge < -0.3 is 14.2 Å². The van der Waals surface area contributed by atoms with Crippen LogP contribution in [0.4, 0.5) is 0 Å². The van der Waals surface area contributed by atoms with E-state index in [1.807, 2.05) is 36.4 Å². The first kappa shape index (κ1) is 14.3. The van der Waals surface area contributed by atoms with Crippen LogP contribution in [0.2, 0.25) is 0 Å². The maximum atomic E-state index is 5.43. The van der Waals surface area contributed by atoms with Gasteiger partial charge in [0.1, 0.15) is 0 Å². The molecule has 3 rings (SSSR count). The standard InChI is InChI=1S/C17H22N2O2/c1-19(9-7-14-8-10-20-13-14)12-16-11-17(21-18-16)15-5-3-2-4-6-15/h2-6,11,14H,7-10,12-13H2,1H3/t14-/m0/s1. The number of ether oxygens (including phenoxy) is 1. The summed E-state index contributed by atoms with van der Waals surface area (Å²) in [5.41, 5.74) is 2.06. The number of hydrogen-bond acceptors (Lipinski definition) is 4. The minimum absolute atomic E-state index is 0.727. The topological polar surface area (TPSA) is 38.5 Å². The van der Waals surface area contributed by atoms with Crippen LogP contribution < -0.4 is 0 Å². The Labute approximate surface area is 125 Å². The number of rotatable bonds is 6. The summed E-state index contributed by atoms with van der Waals surface area (Å²) in [6.45, 7) is 3.75. The smallest absolute Gasteiger partial charge is 0.167 e. The average Bonchev–Trinajstić information content (AvgIpc) is 3.17. The molecule has 0 amide bonds. The third kappa shape index (κ3) is 3.93. The monoisotopic (exact) mass is 286 g/mol. The molecule has 0 unspecified atom stereocenters. The fourth-order valence-corrected chi connectivity index (χ4v) is 2.69. The Kier molecular flexibility index (Phi) is 4.68. The third-order valence-electron chi connectivity index (χ3n) is 3.99. The van der Waals surface area contributed by atoms with Crippen LogP contribution in [0.15, 0.2) is 40.9 Å². The Morgan fingerprint density at radius 1 is 1.29 bits per heavy atom. The second kappa shape index (κ2) is 6.87. The highest BCUT2D eigenvalue weighted by Crippen LogP contribution is 2.21. The second-order valence-corrected chi connectivity index (χ2v) is 5.80. The van der Waals surface area contributed by atoms with Gasteiger partial charge in [0.15, 0.2) is 5.76 Å². The molecule has 0 radical (unpaired) electrons. The summed E-state index contributed by atoms with van der Waals surface area (Å²) in [5.74, 6) is 1.56. The highest BCUT2D eigenvalue weighted by molar-refractivity contribution is 5.56. The lowest BCUT2D eigenvalue weighted by atomic mass is 10.1. The van der Waals surface area contributed by atoms with E-state index in [2.05, 4.69) is 17.1 Å². The minimum Gasteiger partial charge on any atom is -0.381 e. The highest BCUT2D eigenvalue weighted by Gasteiger charge is 2.16. The van der Waals surface area contributed by atoms with E-state index in [4.69, 9.17) is 9.26 Å². The molecule has 0 bridgehead atoms. The number of hydrogen-bond donors (Lipinski definition) is 0. The van der Waals surface area contributed by atoms with E-state index in [-0.39, 0.29) is 0 Å². The zero-order chi connectivity index (χ0) is 14.5. The SMILES string of the molecule is CN(CC[C@H]1CCOC1)Cc1cc(-c2ccccc2)on1. The van der Waals surface area contributed by atoms with Crippen molar-refractivity contribution in [3.63, 3.8) is 0 Å². The zero-order valence-electron chi connectivity index (χ0n) is 12.5. The first-order chi connectivity index (χ1) is 10.3. The van der Waals surface area contributed by atoms with Crippen LogP contribution in [0.25, 0.3) is 11.3 Å². The van der Waals surface area contributed by atoms with E-state index in [9.17, 15) is 0 Å². The lowest BCUT2D eigenvalue weighted by molar-refractivity contribution is 0.180. The van der Waals surface area contributed by atoms with E-state index in [0.29, 0.717) is 0 Å². The van der Waals surface area contributed by atoms with Crippen LogP contribution in [0.5, 0.6) is 0 Å². The molecular weight excluding hydrogens is 264 g/mol. The van der Waals surface area contributed by atoms with Gasteiger partial charge in [-0.1, -0.05) is 35.5 Å². The summed E-state index contributed by atoms with van der Waals surface area (Å²) in [4.78, 5) is 2.30. The van der Waals surface area contributed by atoms with E-state index >= 15 is 0 Å². The summed E-state index contributed by atoms with van der Waals surface area (Å²) in [6, 6.07) is 12.1. The molecule has 1 aliphatic rings. The van der Waals surface area contributed by atoms with Crippen LogP contribution in [-0.2, 0) is 11.3 Å². The van der Waals surface area contributed by atoms with Crippen molar-refractivity contribution in [3.05, 3.63) is 42.1 Å². The molecule has 1 fully saturated rings. The summed E-state index contributed by atoms with van der Waals surface area (Å²) >= 11 is 0. The molecule has 1 aromatic carbocycles. The van der Waals surface area contributed by atoms with Crippen LogP contribution >= 0.6 is 0 Å². The summed E-state index contributed by atoms with van der Waals surface area (Å²) in [5, 5.41) is 4.17. The third-order valence-corrected chi connectivity index (χ3v) is 3.99. The maximum absolute atomic E-state index is 5.43. The lowest BCUT2D eigenvalue weighted by Crippen LogP contribution is -2.21. The molecule has 2 heterocycles. The van der Waals surface area contributed by atoms with Crippen LogP contribution in [-0.4, -0.2) is 36.9 Å². The van der Waals surface area contributed by atoms with Crippen LogP contribution in [0.1, 0.15) is 18.5 Å². The van der Waals surface area contributed by atoms with Crippen molar-refractivity contribution in [2.45, 2.75) is 19.4 Å². The molecule has 1 atom stereocenters. The highest BCUT2D eigenvalue weighted by atomic mass is 16.5. The molecule has 21 heavy (non-hydrogen) atoms. The molecule has 0 N–H and O–H groups in total. The Balaban J connectivity index is 1.52. The van der Waals surface area contributed by atoms with Gasteiger partial charge in [-0.2, -0.15) is 0 Å². The van der Waals surface area contributed by atoms with E-state index in [1.165, 1.54) is 12.8 Å². The van der Waals surface area contributed by atoms with Gasteiger partial charge in [0, 0.05) is 31.4 Å². The van der Waals surface area contributed by atoms with Gasteiger partial charge in [0.25, 0.3) is 0 Å². The molecular formula is C17H22N2O2. The number of aromatic nitrogens is 1. The Morgan fingerprint density at radius 3 is 2.90 bits per heavy atom. The Hall–Kier alpha value is -1.65. The van der Waals surface area contributed by atoms with E-state index < -0.39 is 0 Å². The van der Waals surface area contributed by atoms with E-state index in [0.717, 1.165) is 49.2 Å². The lowest BCUT2D eigenvalue weighted by Gasteiger charge is -2.16. The molecule has 1 aliphatic heterocycles. The zero-order valence-corrected chi connectivity index (χ0v) is 12.5. The van der Waals surface area contributed by atoms with Crippen LogP contribution in [0, 0.1) is 5.92 Å². The molecule has 0 saturated carbocycles. The Morgan fingerprint density at radius 2 is 2.14 bits per heavy atom. The van der Waals surface area contributed by atoms with Crippen molar-refractivity contribution in [3.8, 4) is 11.3 Å². The van der Waals surface area contributed by atoms with Gasteiger partial charge in [-0.25, -0.2) is 0 Å². The quantitative estimate of drug-likeness (QED) is 0.817. The molecule has 1 aromatic heterocycles. The van der Waals surface area contributed by atoms with Gasteiger partial charge in [-0.05, 0) is 32.4 Å². The summed E-state index contributed by atoms with van der Waals surface area (Å²) in [7, 11) is 2.13. The first-order valence-electron chi connectivity index (χ1n) is 7.58. The van der Waals surface area contributed by atoms with Gasteiger partial charge in [0.2, 0.25) is 0 Å². The van der Waals surface area contributed by atoms with Crippen molar-refractivity contribution < 1.29 is 9.26 Å². The van der Waals surface area contributed by atoms with Crippen molar-refractivity contribution in [2.24, 2.45) is 5.92 Å². The molecule has 4 nitrogen and oxygen atoms in total. The molecule has 0 spiro atoms. The molecule has 2 aromatic rings. The van der Waals surface area contributed by atoms with Gasteiger partial charge in [0.05, 0.1) is 5.69 Å². The van der Waals surface area contributed by atoms with Crippen molar-refractivity contribution in [1.82, 2.24) is 10.1 Å². The number of nitrogens with zero attached hydrogens (tertiary/aromatic N) is 2. The molecule has 0 aliphatic carbocycles. The summed E-state index contributed by atoms with van der Waals surface area (Å²) < 4.78 is 10.8. The predicted octanol–water partition coefficient (Wildman–Crippen LogP) is 3.20. The Bertz CT molecular complexity index is 547. The number of benzene rings is 1. The fourth-order valence-electron chi connectivity index (χ4n) is 2.69. The first-order valence-corrected chi connectivity index (χ1v) is 7.58. The molecule has 1 saturated heterocycles. The van der Waals surface area contributed by atoms with Gasteiger partial charge >= 0.3 is 0 Å². The van der Waals surface area contributed by atoms with Crippen molar-refractivity contribution in [2.75, 3.05) is 26.8 Å². The largest absolute Gasteiger partial charge is 0.381 e.